The number of pyridine rings is 1. The van der Waals surface area contributed by atoms with Gasteiger partial charge < -0.3 is 10.6 Å². The third-order valence-electron chi connectivity index (χ3n) is 2.93. The SMILES string of the molecule is Nc1cccc(N(c2[c-]cccc2)c2ccccc2)n1.[Ir]. The number of hydrogen-bond donors (Lipinski definition) is 1. The first-order chi connectivity index (χ1) is 9.84. The number of rotatable bonds is 3. The molecule has 2 aromatic carbocycles. The molecule has 1 heterocycles. The fourth-order valence-electron chi connectivity index (χ4n) is 2.06. The first-order valence-electron chi connectivity index (χ1n) is 6.39. The molecule has 2 N–H and O–H groups in total. The third kappa shape index (κ3) is 3.48. The van der Waals surface area contributed by atoms with Gasteiger partial charge in [0.2, 0.25) is 0 Å². The summed E-state index contributed by atoms with van der Waals surface area (Å²) in [7, 11) is 0. The van der Waals surface area contributed by atoms with Crippen LogP contribution in [0.1, 0.15) is 0 Å². The fraction of sp³-hybridized carbons (Fsp3) is 0. The smallest absolute Gasteiger partial charge is 0.138 e. The summed E-state index contributed by atoms with van der Waals surface area (Å²) in [6.07, 6.45) is 0. The van der Waals surface area contributed by atoms with Crippen LogP contribution in [0.3, 0.4) is 0 Å². The van der Waals surface area contributed by atoms with Crippen LogP contribution in [0, 0.1) is 6.07 Å². The molecule has 0 fully saturated rings. The van der Waals surface area contributed by atoms with Crippen LogP contribution in [0.2, 0.25) is 0 Å². The number of nitrogens with zero attached hydrogens (tertiary/aromatic N) is 2. The van der Waals surface area contributed by atoms with Crippen molar-refractivity contribution in [3.05, 3.63) is 78.9 Å². The van der Waals surface area contributed by atoms with E-state index in [2.05, 4.69) is 11.1 Å². The average molecular weight is 453 g/mol. The van der Waals surface area contributed by atoms with Crippen molar-refractivity contribution in [2.45, 2.75) is 0 Å². The van der Waals surface area contributed by atoms with Gasteiger partial charge in [0.25, 0.3) is 0 Å². The molecule has 21 heavy (non-hydrogen) atoms. The van der Waals surface area contributed by atoms with Crippen molar-refractivity contribution < 1.29 is 20.1 Å². The summed E-state index contributed by atoms with van der Waals surface area (Å²) in [4.78, 5) is 6.43. The minimum absolute atomic E-state index is 0. The molecule has 1 radical (unpaired) electrons. The first kappa shape index (κ1) is 15.2. The van der Waals surface area contributed by atoms with Gasteiger partial charge in [0.1, 0.15) is 11.6 Å². The van der Waals surface area contributed by atoms with Crippen LogP contribution in [0.25, 0.3) is 0 Å². The summed E-state index contributed by atoms with van der Waals surface area (Å²) in [5.74, 6) is 1.28. The standard InChI is InChI=1S/C17H14N3.Ir/c18-16-12-7-13-17(19-16)20(14-8-3-1-4-9-14)15-10-5-2-6-11-15;/h1-10,12-13H,(H2,18,19);/q-1;. The van der Waals surface area contributed by atoms with Gasteiger partial charge in [-0.05, 0) is 24.3 Å². The van der Waals surface area contributed by atoms with Crippen molar-refractivity contribution >= 4 is 23.0 Å². The maximum absolute atomic E-state index is 5.80. The molecule has 0 saturated heterocycles. The second kappa shape index (κ2) is 7.02. The summed E-state index contributed by atoms with van der Waals surface area (Å²) in [5, 5.41) is 0. The minimum Gasteiger partial charge on any atom is -0.384 e. The summed E-state index contributed by atoms with van der Waals surface area (Å²) in [6, 6.07) is 26.7. The summed E-state index contributed by atoms with van der Waals surface area (Å²) in [5.41, 5.74) is 7.75. The Bertz CT molecular complexity index is 647. The Hall–Kier alpha value is -2.16. The Labute approximate surface area is 137 Å². The van der Waals surface area contributed by atoms with E-state index in [0.29, 0.717) is 5.82 Å². The first-order valence-corrected chi connectivity index (χ1v) is 6.39. The quantitative estimate of drug-likeness (QED) is 0.613. The van der Waals surface area contributed by atoms with E-state index in [1.54, 1.807) is 6.07 Å². The van der Waals surface area contributed by atoms with Crippen LogP contribution in [0.15, 0.2) is 72.8 Å². The van der Waals surface area contributed by atoms with Crippen LogP contribution >= 0.6 is 0 Å². The Balaban J connectivity index is 0.00000161. The zero-order valence-corrected chi connectivity index (χ0v) is 13.6. The van der Waals surface area contributed by atoms with E-state index in [0.717, 1.165) is 17.2 Å². The number of nitrogens with two attached hydrogens (primary N) is 1. The van der Waals surface area contributed by atoms with E-state index in [4.69, 9.17) is 5.73 Å². The van der Waals surface area contributed by atoms with E-state index in [1.807, 2.05) is 71.6 Å². The molecule has 3 aromatic rings. The summed E-state index contributed by atoms with van der Waals surface area (Å²) >= 11 is 0. The van der Waals surface area contributed by atoms with Gasteiger partial charge in [-0.3, -0.25) is 0 Å². The Morgan fingerprint density at radius 2 is 1.62 bits per heavy atom. The van der Waals surface area contributed by atoms with Gasteiger partial charge in [0.05, 0.1) is 0 Å². The van der Waals surface area contributed by atoms with Crippen molar-refractivity contribution in [3.63, 3.8) is 0 Å². The second-order valence-electron chi connectivity index (χ2n) is 4.34. The monoisotopic (exact) mass is 453 g/mol. The molecule has 0 spiro atoms. The number of hydrogen-bond acceptors (Lipinski definition) is 3. The molecule has 3 rings (SSSR count). The molecule has 0 bridgehead atoms. The predicted molar refractivity (Wildman–Crippen MR) is 82.2 cm³/mol. The third-order valence-corrected chi connectivity index (χ3v) is 2.93. The molecule has 4 heteroatoms. The number of anilines is 4. The second-order valence-corrected chi connectivity index (χ2v) is 4.34. The molecule has 3 nitrogen and oxygen atoms in total. The zero-order valence-electron chi connectivity index (χ0n) is 11.2. The van der Waals surface area contributed by atoms with Crippen LogP contribution in [-0.4, -0.2) is 4.98 Å². The Morgan fingerprint density at radius 3 is 2.29 bits per heavy atom. The molecule has 0 aliphatic heterocycles. The molecule has 107 valence electrons. The molecule has 0 atom stereocenters. The summed E-state index contributed by atoms with van der Waals surface area (Å²) < 4.78 is 0. The number of aromatic nitrogens is 1. The van der Waals surface area contributed by atoms with Crippen molar-refractivity contribution in [1.82, 2.24) is 4.98 Å². The van der Waals surface area contributed by atoms with Gasteiger partial charge in [0.15, 0.2) is 0 Å². The maximum atomic E-state index is 5.80. The van der Waals surface area contributed by atoms with E-state index >= 15 is 0 Å². The average Bonchev–Trinajstić information content (AvgIpc) is 2.50. The van der Waals surface area contributed by atoms with Crippen LogP contribution in [0.5, 0.6) is 0 Å². The minimum atomic E-state index is 0. The van der Waals surface area contributed by atoms with Crippen LogP contribution < -0.4 is 10.6 Å². The molecule has 0 aliphatic carbocycles. The van der Waals surface area contributed by atoms with Gasteiger partial charge in [0, 0.05) is 25.8 Å². The van der Waals surface area contributed by atoms with Gasteiger partial charge >= 0.3 is 0 Å². The largest absolute Gasteiger partial charge is 0.384 e. The zero-order chi connectivity index (χ0) is 13.8. The van der Waals surface area contributed by atoms with Gasteiger partial charge in [-0.1, -0.05) is 30.0 Å². The molecule has 0 amide bonds. The molecule has 0 unspecified atom stereocenters. The van der Waals surface area contributed by atoms with Crippen molar-refractivity contribution in [3.8, 4) is 0 Å². The van der Waals surface area contributed by atoms with E-state index < -0.39 is 0 Å². The Morgan fingerprint density at radius 1 is 0.857 bits per heavy atom. The topological polar surface area (TPSA) is 42.1 Å². The predicted octanol–water partition coefficient (Wildman–Crippen LogP) is 3.93. The van der Waals surface area contributed by atoms with Gasteiger partial charge in [-0.2, -0.15) is 24.3 Å². The van der Waals surface area contributed by atoms with Gasteiger partial charge in [-0.25, -0.2) is 4.98 Å². The van der Waals surface area contributed by atoms with E-state index in [9.17, 15) is 0 Å². The molecule has 0 saturated carbocycles. The maximum Gasteiger partial charge on any atom is 0.138 e. The van der Waals surface area contributed by atoms with Gasteiger partial charge in [-0.15, -0.1) is 6.07 Å². The molecule has 1 aromatic heterocycles. The fourth-order valence-corrected chi connectivity index (χ4v) is 2.06. The number of benzene rings is 2. The van der Waals surface area contributed by atoms with Crippen molar-refractivity contribution in [2.75, 3.05) is 10.6 Å². The van der Waals surface area contributed by atoms with Crippen LogP contribution in [0.4, 0.5) is 23.0 Å². The molecular formula is C17H14IrN3-. The Kier molecular flexibility index (Phi) is 5.09. The molecular weight excluding hydrogens is 438 g/mol. The van der Waals surface area contributed by atoms with Crippen molar-refractivity contribution in [2.24, 2.45) is 0 Å². The normalized spacial score (nSPS) is 9.71. The number of para-hydroxylation sites is 2. The van der Waals surface area contributed by atoms with Crippen molar-refractivity contribution in [1.29, 1.82) is 0 Å². The summed E-state index contributed by atoms with van der Waals surface area (Å²) in [6.45, 7) is 0. The van der Waals surface area contributed by atoms with E-state index in [1.165, 1.54) is 0 Å². The van der Waals surface area contributed by atoms with Crippen LogP contribution in [-0.2, 0) is 20.1 Å². The molecule has 0 aliphatic rings. The van der Waals surface area contributed by atoms with E-state index in [-0.39, 0.29) is 20.1 Å². The number of nitrogen functional groups attached to an aromatic ring is 1.